The van der Waals surface area contributed by atoms with Crippen LogP contribution in [-0.2, 0) is 0 Å². The van der Waals surface area contributed by atoms with Crippen molar-refractivity contribution in [2.45, 2.75) is 24.0 Å². The lowest BCUT2D eigenvalue weighted by molar-refractivity contribution is 0.0533. The number of carbonyl (C=O) groups is 2. The van der Waals surface area contributed by atoms with Crippen molar-refractivity contribution in [1.29, 1.82) is 0 Å². The van der Waals surface area contributed by atoms with Crippen molar-refractivity contribution >= 4 is 23.6 Å². The maximum Gasteiger partial charge on any atom is 0.255 e. The maximum absolute atomic E-state index is 13.4. The van der Waals surface area contributed by atoms with Gasteiger partial charge in [-0.2, -0.15) is 0 Å². The third-order valence-corrected chi connectivity index (χ3v) is 5.49. The fraction of sp³-hybridized carbons (Fsp3) is 0.333. The highest BCUT2D eigenvalue weighted by Crippen LogP contribution is 2.27. The molecule has 0 radical (unpaired) electrons. The van der Waals surface area contributed by atoms with Gasteiger partial charge in [0.15, 0.2) is 0 Å². The van der Waals surface area contributed by atoms with Crippen molar-refractivity contribution < 1.29 is 14.0 Å². The number of nitrogens with zero attached hydrogens (tertiary/aromatic N) is 2. The van der Waals surface area contributed by atoms with E-state index in [-0.39, 0.29) is 11.8 Å². The van der Waals surface area contributed by atoms with Gasteiger partial charge in [-0.25, -0.2) is 4.39 Å². The van der Waals surface area contributed by atoms with Gasteiger partial charge in [0.25, 0.3) is 11.8 Å². The van der Waals surface area contributed by atoms with Crippen LogP contribution in [0.15, 0.2) is 53.4 Å². The van der Waals surface area contributed by atoms with Crippen LogP contribution in [0.5, 0.6) is 0 Å². The zero-order valence-corrected chi connectivity index (χ0v) is 16.3. The minimum absolute atomic E-state index is 0.00314. The molecule has 0 aliphatic carbocycles. The average Bonchev–Trinajstić information content (AvgIpc) is 2.67. The predicted octanol–water partition coefficient (Wildman–Crippen LogP) is 3.92. The van der Waals surface area contributed by atoms with Crippen LogP contribution in [-0.4, -0.2) is 53.0 Å². The Bertz CT molecular complexity index is 832. The van der Waals surface area contributed by atoms with Crippen molar-refractivity contribution in [3.63, 3.8) is 0 Å². The Balaban J connectivity index is 1.66. The number of hydrogen-bond acceptors (Lipinski definition) is 3. The van der Waals surface area contributed by atoms with Crippen LogP contribution in [0.3, 0.4) is 0 Å². The fourth-order valence-corrected chi connectivity index (χ4v) is 4.03. The summed E-state index contributed by atoms with van der Waals surface area (Å²) in [4.78, 5) is 29.9. The first-order valence-corrected chi connectivity index (χ1v) is 9.93. The normalized spacial score (nSPS) is 14.5. The molecule has 0 spiro atoms. The molecule has 1 fully saturated rings. The summed E-state index contributed by atoms with van der Waals surface area (Å²) < 4.78 is 13.4. The number of thioether (sulfide) groups is 1. The molecule has 6 heteroatoms. The molecule has 0 aromatic heterocycles. The quantitative estimate of drug-likeness (QED) is 0.748. The van der Waals surface area contributed by atoms with Gasteiger partial charge in [-0.05, 0) is 30.3 Å². The number of carbonyl (C=O) groups excluding carboxylic acids is 2. The summed E-state index contributed by atoms with van der Waals surface area (Å²) >= 11 is 1.67. The first-order valence-electron chi connectivity index (χ1n) is 9.05. The average molecular weight is 386 g/mol. The van der Waals surface area contributed by atoms with Gasteiger partial charge in [0, 0.05) is 41.9 Å². The van der Waals surface area contributed by atoms with Crippen LogP contribution in [0.4, 0.5) is 4.39 Å². The van der Waals surface area contributed by atoms with Crippen molar-refractivity contribution in [3.05, 3.63) is 65.5 Å². The summed E-state index contributed by atoms with van der Waals surface area (Å²) in [5.41, 5.74) is 1.05. The van der Waals surface area contributed by atoms with Crippen LogP contribution in [0.25, 0.3) is 0 Å². The Hall–Kier alpha value is -2.34. The molecule has 0 unspecified atom stereocenters. The van der Waals surface area contributed by atoms with Crippen molar-refractivity contribution in [2.75, 3.05) is 26.2 Å². The molecule has 0 atom stereocenters. The summed E-state index contributed by atoms with van der Waals surface area (Å²) in [5, 5.41) is 0.389. The van der Waals surface area contributed by atoms with E-state index < -0.39 is 5.82 Å². The van der Waals surface area contributed by atoms with E-state index in [1.54, 1.807) is 27.6 Å². The molecule has 1 aliphatic rings. The van der Waals surface area contributed by atoms with Crippen molar-refractivity contribution in [3.8, 4) is 0 Å². The molecule has 1 heterocycles. The predicted molar refractivity (Wildman–Crippen MR) is 106 cm³/mol. The number of rotatable bonds is 4. The number of amides is 2. The molecule has 0 bridgehead atoms. The van der Waals surface area contributed by atoms with Gasteiger partial charge in [-0.1, -0.05) is 32.0 Å². The van der Waals surface area contributed by atoms with E-state index in [0.717, 1.165) is 4.90 Å². The van der Waals surface area contributed by atoms with Crippen LogP contribution in [0.1, 0.15) is 34.6 Å². The van der Waals surface area contributed by atoms with E-state index in [1.807, 2.05) is 24.3 Å². The molecule has 3 rings (SSSR count). The molecular weight excluding hydrogens is 363 g/mol. The highest BCUT2D eigenvalue weighted by atomic mass is 32.2. The molecule has 2 aromatic carbocycles. The molecule has 4 nitrogen and oxygen atoms in total. The Morgan fingerprint density at radius 2 is 1.56 bits per heavy atom. The second-order valence-electron chi connectivity index (χ2n) is 6.76. The van der Waals surface area contributed by atoms with E-state index in [9.17, 15) is 14.0 Å². The van der Waals surface area contributed by atoms with E-state index in [2.05, 4.69) is 13.8 Å². The van der Waals surface area contributed by atoms with Crippen LogP contribution in [0.2, 0.25) is 0 Å². The second-order valence-corrected chi connectivity index (χ2v) is 8.38. The molecule has 142 valence electrons. The number of halogens is 1. The highest BCUT2D eigenvalue weighted by molar-refractivity contribution is 8.00. The fourth-order valence-electron chi connectivity index (χ4n) is 3.09. The van der Waals surface area contributed by atoms with Crippen molar-refractivity contribution in [1.82, 2.24) is 9.80 Å². The topological polar surface area (TPSA) is 40.6 Å². The molecule has 0 N–H and O–H groups in total. The molecule has 0 saturated carbocycles. The van der Waals surface area contributed by atoms with Gasteiger partial charge in [-0.15, -0.1) is 11.8 Å². The molecule has 1 aliphatic heterocycles. The van der Waals surface area contributed by atoms with Crippen LogP contribution < -0.4 is 0 Å². The molecular formula is C21H23FN2O2S. The Kier molecular flexibility index (Phi) is 6.16. The largest absolute Gasteiger partial charge is 0.335 e. The minimum atomic E-state index is -0.422. The summed E-state index contributed by atoms with van der Waals surface area (Å²) in [6, 6.07) is 13.4. The molecule has 2 amide bonds. The lowest BCUT2D eigenvalue weighted by atomic mass is 10.1. The maximum atomic E-state index is 13.4. The zero-order chi connectivity index (χ0) is 19.4. The van der Waals surface area contributed by atoms with Gasteiger partial charge >= 0.3 is 0 Å². The third kappa shape index (κ3) is 4.69. The van der Waals surface area contributed by atoms with Gasteiger partial charge in [-0.3, -0.25) is 9.59 Å². The number of hydrogen-bond donors (Lipinski definition) is 0. The summed E-state index contributed by atoms with van der Waals surface area (Å²) in [5.74, 6) is -0.622. The number of piperazine rings is 1. The van der Waals surface area contributed by atoms with E-state index in [0.29, 0.717) is 42.6 Å². The van der Waals surface area contributed by atoms with Gasteiger partial charge in [0.2, 0.25) is 0 Å². The monoisotopic (exact) mass is 386 g/mol. The molecule has 2 aromatic rings. The number of benzene rings is 2. The Morgan fingerprint density at radius 1 is 0.926 bits per heavy atom. The van der Waals surface area contributed by atoms with Crippen LogP contribution >= 0.6 is 11.8 Å². The second kappa shape index (κ2) is 8.57. The highest BCUT2D eigenvalue weighted by Gasteiger charge is 2.26. The van der Waals surface area contributed by atoms with E-state index >= 15 is 0 Å². The molecule has 27 heavy (non-hydrogen) atoms. The first kappa shape index (κ1) is 19.4. The third-order valence-electron chi connectivity index (χ3n) is 4.41. The smallest absolute Gasteiger partial charge is 0.255 e. The first-order chi connectivity index (χ1) is 13.0. The summed E-state index contributed by atoms with van der Waals surface area (Å²) in [6.45, 7) is 6.04. The zero-order valence-electron chi connectivity index (χ0n) is 15.5. The van der Waals surface area contributed by atoms with Gasteiger partial charge in [0.1, 0.15) is 5.82 Å². The lowest BCUT2D eigenvalue weighted by Crippen LogP contribution is -2.50. The van der Waals surface area contributed by atoms with E-state index in [4.69, 9.17) is 0 Å². The van der Waals surface area contributed by atoms with E-state index in [1.165, 1.54) is 18.2 Å². The summed E-state index contributed by atoms with van der Waals surface area (Å²) in [6.07, 6.45) is 0. The molecule has 1 saturated heterocycles. The lowest BCUT2D eigenvalue weighted by Gasteiger charge is -2.35. The van der Waals surface area contributed by atoms with Gasteiger partial charge < -0.3 is 9.80 Å². The Labute approximate surface area is 163 Å². The standard InChI is InChI=1S/C21H23FN2O2S/c1-15(2)27-19-9-4-3-8-18(19)21(26)24-12-10-23(11-13-24)20(25)16-6-5-7-17(22)14-16/h3-9,14-15H,10-13H2,1-2H3. The minimum Gasteiger partial charge on any atom is -0.335 e. The SMILES string of the molecule is CC(C)Sc1ccccc1C(=O)N1CCN(C(=O)c2cccc(F)c2)CC1. The Morgan fingerprint density at radius 3 is 2.19 bits per heavy atom. The van der Waals surface area contributed by atoms with Crippen molar-refractivity contribution in [2.24, 2.45) is 0 Å². The van der Waals surface area contributed by atoms with Crippen LogP contribution in [0, 0.1) is 5.82 Å². The summed E-state index contributed by atoms with van der Waals surface area (Å²) in [7, 11) is 0. The van der Waals surface area contributed by atoms with Gasteiger partial charge in [0.05, 0.1) is 5.56 Å².